The highest BCUT2D eigenvalue weighted by molar-refractivity contribution is 5.81. The summed E-state index contributed by atoms with van der Waals surface area (Å²) in [5, 5.41) is 3.50. The Morgan fingerprint density at radius 2 is 1.89 bits per heavy atom. The first kappa shape index (κ1) is 19.9. The first-order valence-electron chi connectivity index (χ1n) is 10.8. The van der Waals surface area contributed by atoms with Gasteiger partial charge in [-0.05, 0) is 69.3 Å². The van der Waals surface area contributed by atoms with Crippen molar-refractivity contribution >= 4 is 11.5 Å². The lowest BCUT2D eigenvalue weighted by Gasteiger charge is -2.31. The molecule has 2 aliphatic rings. The van der Waals surface area contributed by atoms with Gasteiger partial charge >= 0.3 is 0 Å². The molecule has 2 aliphatic heterocycles. The van der Waals surface area contributed by atoms with Gasteiger partial charge in [-0.3, -0.25) is 4.99 Å². The molecule has 0 unspecified atom stereocenters. The normalized spacial score (nSPS) is 19.9. The number of aliphatic imine (C=N–C) groups is 1. The van der Waals surface area contributed by atoms with Crippen molar-refractivity contribution in [1.29, 1.82) is 0 Å². The first-order chi connectivity index (χ1) is 13.3. The number of guanidine groups is 1. The molecule has 1 saturated heterocycles. The van der Waals surface area contributed by atoms with Crippen LogP contribution in [-0.4, -0.2) is 61.6 Å². The molecule has 1 aromatic carbocycles. The van der Waals surface area contributed by atoms with E-state index in [0.29, 0.717) is 0 Å². The van der Waals surface area contributed by atoms with Crippen LogP contribution in [0.5, 0.6) is 0 Å². The second kappa shape index (κ2) is 10.5. The predicted octanol–water partition coefficient (Wildman–Crippen LogP) is 3.86. The SMILES string of the molecule is CCNC(=NCCC1CCN(CC)CC1)N1CC=C(c2ccccc2)CC1. The van der Waals surface area contributed by atoms with Crippen LogP contribution >= 0.6 is 0 Å². The van der Waals surface area contributed by atoms with Crippen molar-refractivity contribution in [3.8, 4) is 0 Å². The summed E-state index contributed by atoms with van der Waals surface area (Å²) < 4.78 is 0. The van der Waals surface area contributed by atoms with E-state index >= 15 is 0 Å². The number of nitrogens with zero attached hydrogens (tertiary/aromatic N) is 3. The lowest BCUT2D eigenvalue weighted by atomic mass is 9.94. The Hall–Kier alpha value is -1.81. The Balaban J connectivity index is 1.51. The Kier molecular flexibility index (Phi) is 7.76. The molecule has 4 heteroatoms. The van der Waals surface area contributed by atoms with Crippen molar-refractivity contribution in [2.75, 3.05) is 45.8 Å². The zero-order valence-corrected chi connectivity index (χ0v) is 17.2. The zero-order chi connectivity index (χ0) is 18.9. The van der Waals surface area contributed by atoms with Crippen LogP contribution in [0.15, 0.2) is 41.4 Å². The minimum atomic E-state index is 0.852. The van der Waals surface area contributed by atoms with Crippen molar-refractivity contribution < 1.29 is 0 Å². The summed E-state index contributed by atoms with van der Waals surface area (Å²) in [5.74, 6) is 1.94. The Labute approximate surface area is 165 Å². The van der Waals surface area contributed by atoms with Crippen LogP contribution in [0.25, 0.3) is 5.57 Å². The van der Waals surface area contributed by atoms with Crippen LogP contribution in [0.1, 0.15) is 45.1 Å². The molecule has 0 saturated carbocycles. The molecule has 0 aliphatic carbocycles. The lowest BCUT2D eigenvalue weighted by molar-refractivity contribution is 0.188. The van der Waals surface area contributed by atoms with Gasteiger partial charge in [0.2, 0.25) is 0 Å². The number of hydrogen-bond donors (Lipinski definition) is 1. The largest absolute Gasteiger partial charge is 0.357 e. The van der Waals surface area contributed by atoms with Gasteiger partial charge in [0.15, 0.2) is 5.96 Å². The molecule has 0 spiro atoms. The standard InChI is InChI=1S/C23H36N4/c1-3-24-23(25-15-10-20-11-16-26(4-2)17-12-20)27-18-13-22(14-19-27)21-8-6-5-7-9-21/h5-9,13,20H,3-4,10-12,14-19H2,1-2H3,(H,24,25). The third-order valence-electron chi connectivity index (χ3n) is 5.94. The number of rotatable bonds is 6. The molecule has 0 bridgehead atoms. The van der Waals surface area contributed by atoms with Gasteiger partial charge in [-0.1, -0.05) is 43.3 Å². The van der Waals surface area contributed by atoms with E-state index < -0.39 is 0 Å². The van der Waals surface area contributed by atoms with Gasteiger partial charge in [-0.15, -0.1) is 0 Å². The summed E-state index contributed by atoms with van der Waals surface area (Å²) >= 11 is 0. The van der Waals surface area contributed by atoms with Crippen LogP contribution in [-0.2, 0) is 0 Å². The summed E-state index contributed by atoms with van der Waals surface area (Å²) in [4.78, 5) is 9.92. The lowest BCUT2D eigenvalue weighted by Crippen LogP contribution is -2.43. The van der Waals surface area contributed by atoms with Gasteiger partial charge in [0.05, 0.1) is 0 Å². The molecule has 148 valence electrons. The van der Waals surface area contributed by atoms with Crippen LogP contribution in [0.2, 0.25) is 0 Å². The summed E-state index contributed by atoms with van der Waals surface area (Å²) in [6, 6.07) is 10.8. The quantitative estimate of drug-likeness (QED) is 0.611. The highest BCUT2D eigenvalue weighted by atomic mass is 15.3. The minimum Gasteiger partial charge on any atom is -0.357 e. The Morgan fingerprint density at radius 1 is 1.11 bits per heavy atom. The molecule has 3 rings (SSSR count). The smallest absolute Gasteiger partial charge is 0.194 e. The third-order valence-corrected chi connectivity index (χ3v) is 5.94. The number of hydrogen-bond acceptors (Lipinski definition) is 2. The molecule has 0 atom stereocenters. The molecule has 0 radical (unpaired) electrons. The third kappa shape index (κ3) is 5.83. The monoisotopic (exact) mass is 368 g/mol. The van der Waals surface area contributed by atoms with Crippen molar-refractivity contribution in [2.45, 2.75) is 39.5 Å². The molecule has 27 heavy (non-hydrogen) atoms. The second-order valence-corrected chi connectivity index (χ2v) is 7.69. The van der Waals surface area contributed by atoms with Gasteiger partial charge in [-0.25, -0.2) is 0 Å². The maximum absolute atomic E-state index is 4.96. The minimum absolute atomic E-state index is 0.852. The average molecular weight is 369 g/mol. The molecule has 1 aromatic rings. The maximum Gasteiger partial charge on any atom is 0.194 e. The van der Waals surface area contributed by atoms with Crippen LogP contribution < -0.4 is 5.32 Å². The predicted molar refractivity (Wildman–Crippen MR) is 116 cm³/mol. The van der Waals surface area contributed by atoms with Gasteiger partial charge in [0, 0.05) is 26.2 Å². The topological polar surface area (TPSA) is 30.9 Å². The van der Waals surface area contributed by atoms with Crippen molar-refractivity contribution in [3.63, 3.8) is 0 Å². The highest BCUT2D eigenvalue weighted by Crippen LogP contribution is 2.22. The van der Waals surface area contributed by atoms with Gasteiger partial charge in [0.1, 0.15) is 0 Å². The molecule has 0 amide bonds. The van der Waals surface area contributed by atoms with E-state index in [-0.39, 0.29) is 0 Å². The van der Waals surface area contributed by atoms with E-state index in [0.717, 1.165) is 44.5 Å². The molecular weight excluding hydrogens is 332 g/mol. The van der Waals surface area contributed by atoms with E-state index in [1.807, 2.05) is 0 Å². The molecule has 0 aromatic heterocycles. The summed E-state index contributed by atoms with van der Waals surface area (Å²) in [7, 11) is 0. The molecule has 2 heterocycles. The Bertz CT molecular complexity index is 615. The fourth-order valence-electron chi connectivity index (χ4n) is 4.15. The molecule has 1 N–H and O–H groups in total. The van der Waals surface area contributed by atoms with E-state index in [1.165, 1.54) is 50.0 Å². The maximum atomic E-state index is 4.96. The van der Waals surface area contributed by atoms with Crippen molar-refractivity contribution in [3.05, 3.63) is 42.0 Å². The van der Waals surface area contributed by atoms with Crippen molar-refractivity contribution in [2.24, 2.45) is 10.9 Å². The molecule has 1 fully saturated rings. The van der Waals surface area contributed by atoms with E-state index in [9.17, 15) is 0 Å². The molecular formula is C23H36N4. The van der Waals surface area contributed by atoms with Crippen LogP contribution in [0, 0.1) is 5.92 Å². The highest BCUT2D eigenvalue weighted by Gasteiger charge is 2.19. The summed E-state index contributed by atoms with van der Waals surface area (Å²) in [6.45, 7) is 12.0. The summed E-state index contributed by atoms with van der Waals surface area (Å²) in [6.07, 6.45) is 7.36. The van der Waals surface area contributed by atoms with Crippen LogP contribution in [0.4, 0.5) is 0 Å². The number of likely N-dealkylation sites (tertiary alicyclic amines) is 1. The van der Waals surface area contributed by atoms with E-state index in [4.69, 9.17) is 4.99 Å². The fraction of sp³-hybridized carbons (Fsp3) is 0.609. The molecule has 4 nitrogen and oxygen atoms in total. The van der Waals surface area contributed by atoms with Crippen molar-refractivity contribution in [1.82, 2.24) is 15.1 Å². The van der Waals surface area contributed by atoms with E-state index in [1.54, 1.807) is 0 Å². The number of benzene rings is 1. The Morgan fingerprint density at radius 3 is 2.52 bits per heavy atom. The first-order valence-corrected chi connectivity index (χ1v) is 10.8. The summed E-state index contributed by atoms with van der Waals surface area (Å²) in [5.41, 5.74) is 2.82. The number of nitrogens with one attached hydrogen (secondary N) is 1. The van der Waals surface area contributed by atoms with E-state index in [2.05, 4.69) is 65.4 Å². The second-order valence-electron chi connectivity index (χ2n) is 7.69. The zero-order valence-electron chi connectivity index (χ0n) is 17.2. The van der Waals surface area contributed by atoms with Gasteiger partial charge in [-0.2, -0.15) is 0 Å². The number of piperidine rings is 1. The van der Waals surface area contributed by atoms with Crippen LogP contribution in [0.3, 0.4) is 0 Å². The fourth-order valence-corrected chi connectivity index (χ4v) is 4.15. The average Bonchev–Trinajstić information content (AvgIpc) is 2.74. The van der Waals surface area contributed by atoms with Gasteiger partial charge in [0.25, 0.3) is 0 Å². The van der Waals surface area contributed by atoms with Gasteiger partial charge < -0.3 is 15.1 Å².